The van der Waals surface area contributed by atoms with E-state index in [4.69, 9.17) is 0 Å². The first-order valence-corrected chi connectivity index (χ1v) is 7.91. The van der Waals surface area contributed by atoms with E-state index in [1.54, 1.807) is 6.07 Å². The van der Waals surface area contributed by atoms with Gasteiger partial charge in [0, 0.05) is 17.3 Å². The van der Waals surface area contributed by atoms with E-state index in [-0.39, 0.29) is 11.4 Å². The smallest absolute Gasteiger partial charge is 0.273 e. The molecule has 0 atom stereocenters. The fourth-order valence-electron chi connectivity index (χ4n) is 2.85. The number of nitrogens with one attached hydrogen (secondary N) is 2. The average molecular weight is 349 g/mol. The van der Waals surface area contributed by atoms with Crippen molar-refractivity contribution in [3.05, 3.63) is 84.1 Å². The van der Waals surface area contributed by atoms with Crippen LogP contribution in [0.25, 0.3) is 22.0 Å². The predicted molar refractivity (Wildman–Crippen MR) is 95.8 cm³/mol. The Kier molecular flexibility index (Phi) is 3.93. The molecule has 6 heteroatoms. The highest BCUT2D eigenvalue weighted by molar-refractivity contribution is 6.04. The molecule has 0 spiro atoms. The maximum atomic E-state index is 13.2. The molecule has 0 fully saturated rings. The summed E-state index contributed by atoms with van der Waals surface area (Å²) in [5.74, 6) is -2.06. The van der Waals surface area contributed by atoms with Gasteiger partial charge in [0.05, 0.1) is 5.69 Å². The van der Waals surface area contributed by atoms with Gasteiger partial charge in [-0.2, -0.15) is 5.10 Å². The van der Waals surface area contributed by atoms with Crippen LogP contribution in [0, 0.1) is 11.6 Å². The molecule has 1 aromatic heterocycles. The topological polar surface area (TPSA) is 57.8 Å². The number of nitrogens with zero attached hydrogens (tertiary/aromatic N) is 1. The summed E-state index contributed by atoms with van der Waals surface area (Å²) in [6.07, 6.45) is 0. The molecule has 128 valence electrons. The summed E-state index contributed by atoms with van der Waals surface area (Å²) in [5, 5.41) is 11.4. The maximum Gasteiger partial charge on any atom is 0.273 e. The molecule has 0 saturated heterocycles. The molecular formula is C20H13F2N3O. The number of H-pyrrole nitrogens is 1. The molecular weight excluding hydrogens is 336 g/mol. The van der Waals surface area contributed by atoms with E-state index in [1.165, 1.54) is 0 Å². The van der Waals surface area contributed by atoms with E-state index in [1.807, 2.05) is 42.5 Å². The Morgan fingerprint density at radius 1 is 0.923 bits per heavy atom. The van der Waals surface area contributed by atoms with Crippen LogP contribution in [0.1, 0.15) is 10.5 Å². The van der Waals surface area contributed by atoms with Crippen molar-refractivity contribution in [3.63, 3.8) is 0 Å². The summed E-state index contributed by atoms with van der Waals surface area (Å²) in [4.78, 5) is 12.3. The summed E-state index contributed by atoms with van der Waals surface area (Å²) >= 11 is 0. The molecule has 1 amide bonds. The summed E-state index contributed by atoms with van der Waals surface area (Å²) < 4.78 is 26.5. The molecule has 4 rings (SSSR count). The number of fused-ring (bicyclic) bond motifs is 1. The molecule has 0 radical (unpaired) electrons. The first-order chi connectivity index (χ1) is 12.6. The van der Waals surface area contributed by atoms with Crippen molar-refractivity contribution < 1.29 is 13.6 Å². The lowest BCUT2D eigenvalue weighted by molar-refractivity contribution is 0.102. The van der Waals surface area contributed by atoms with Gasteiger partial charge in [0.25, 0.3) is 5.91 Å². The Morgan fingerprint density at radius 3 is 2.46 bits per heavy atom. The number of benzene rings is 3. The van der Waals surface area contributed by atoms with Crippen molar-refractivity contribution in [2.45, 2.75) is 0 Å². The van der Waals surface area contributed by atoms with E-state index in [2.05, 4.69) is 15.5 Å². The van der Waals surface area contributed by atoms with E-state index in [9.17, 15) is 13.6 Å². The highest BCUT2D eigenvalue weighted by atomic mass is 19.1. The van der Waals surface area contributed by atoms with Gasteiger partial charge in [-0.25, -0.2) is 8.78 Å². The molecule has 0 aliphatic rings. The summed E-state index contributed by atoms with van der Waals surface area (Å²) in [6.45, 7) is 0. The average Bonchev–Trinajstić information content (AvgIpc) is 3.10. The monoisotopic (exact) mass is 349 g/mol. The van der Waals surface area contributed by atoms with Gasteiger partial charge in [-0.05, 0) is 29.0 Å². The fourth-order valence-corrected chi connectivity index (χ4v) is 2.85. The van der Waals surface area contributed by atoms with Crippen LogP contribution in [-0.4, -0.2) is 16.1 Å². The Bertz CT molecular complexity index is 1100. The van der Waals surface area contributed by atoms with Crippen molar-refractivity contribution in [1.82, 2.24) is 10.2 Å². The van der Waals surface area contributed by atoms with Crippen molar-refractivity contribution in [3.8, 4) is 11.3 Å². The van der Waals surface area contributed by atoms with Crippen LogP contribution >= 0.6 is 0 Å². The summed E-state index contributed by atoms with van der Waals surface area (Å²) in [5.41, 5.74) is 1.72. The molecule has 0 unspecified atom stereocenters. The van der Waals surface area contributed by atoms with E-state index in [0.717, 1.165) is 34.5 Å². The molecule has 0 bridgehead atoms. The van der Waals surface area contributed by atoms with Gasteiger partial charge in [0.2, 0.25) is 0 Å². The van der Waals surface area contributed by atoms with Crippen LogP contribution in [0.2, 0.25) is 0 Å². The lowest BCUT2D eigenvalue weighted by atomic mass is 10.0. The van der Waals surface area contributed by atoms with Crippen molar-refractivity contribution in [2.24, 2.45) is 0 Å². The zero-order valence-corrected chi connectivity index (χ0v) is 13.5. The second-order valence-corrected chi connectivity index (χ2v) is 5.81. The van der Waals surface area contributed by atoms with E-state index in [0.29, 0.717) is 5.69 Å². The normalized spacial score (nSPS) is 10.8. The quantitative estimate of drug-likeness (QED) is 0.560. The predicted octanol–water partition coefficient (Wildman–Crippen LogP) is 4.76. The molecule has 26 heavy (non-hydrogen) atoms. The Balaban J connectivity index is 1.64. The third-order valence-electron chi connectivity index (χ3n) is 4.01. The number of anilines is 1. The molecule has 2 N–H and O–H groups in total. The maximum absolute atomic E-state index is 13.2. The van der Waals surface area contributed by atoms with Gasteiger partial charge < -0.3 is 5.32 Å². The number of aromatic nitrogens is 2. The standard InChI is InChI=1S/C20H13F2N3O/c21-13-8-14(22)10-15(9-13)23-20(26)19-11-18(24-25-19)17-7-3-5-12-4-1-2-6-16(12)17/h1-11H,(H,23,26)(H,24,25). The molecule has 3 aromatic carbocycles. The Labute approximate surface area is 147 Å². The van der Waals surface area contributed by atoms with Crippen LogP contribution in [0.3, 0.4) is 0 Å². The second-order valence-electron chi connectivity index (χ2n) is 5.81. The van der Waals surface area contributed by atoms with Crippen LogP contribution in [0.4, 0.5) is 14.5 Å². The minimum absolute atomic E-state index is 0.0359. The van der Waals surface area contributed by atoms with E-state index >= 15 is 0 Å². The largest absolute Gasteiger partial charge is 0.320 e. The SMILES string of the molecule is O=C(Nc1cc(F)cc(F)c1)c1cc(-c2cccc3ccccc23)n[nH]1. The fraction of sp³-hybridized carbons (Fsp3) is 0. The minimum atomic E-state index is -0.763. The van der Waals surface area contributed by atoms with E-state index < -0.39 is 17.5 Å². The first-order valence-electron chi connectivity index (χ1n) is 7.91. The minimum Gasteiger partial charge on any atom is -0.320 e. The van der Waals surface area contributed by atoms with Crippen molar-refractivity contribution in [1.29, 1.82) is 0 Å². The number of hydrogen-bond acceptors (Lipinski definition) is 2. The van der Waals surface area contributed by atoms with Crippen molar-refractivity contribution in [2.75, 3.05) is 5.32 Å². The van der Waals surface area contributed by atoms with Crippen LogP contribution in [-0.2, 0) is 0 Å². The van der Waals surface area contributed by atoms with Crippen LogP contribution in [0.5, 0.6) is 0 Å². The van der Waals surface area contributed by atoms with Crippen molar-refractivity contribution >= 4 is 22.4 Å². The third kappa shape index (κ3) is 3.04. The number of aromatic amines is 1. The number of rotatable bonds is 3. The second kappa shape index (κ2) is 6.40. The Morgan fingerprint density at radius 2 is 1.65 bits per heavy atom. The molecule has 4 nitrogen and oxygen atoms in total. The molecule has 0 aliphatic heterocycles. The van der Waals surface area contributed by atoms with Crippen LogP contribution < -0.4 is 5.32 Å². The molecule has 1 heterocycles. The summed E-state index contributed by atoms with van der Waals surface area (Å²) in [6, 6.07) is 18.1. The van der Waals surface area contributed by atoms with Crippen LogP contribution in [0.15, 0.2) is 66.7 Å². The van der Waals surface area contributed by atoms with Gasteiger partial charge in [-0.15, -0.1) is 0 Å². The highest BCUT2D eigenvalue weighted by Crippen LogP contribution is 2.27. The Hall–Kier alpha value is -3.54. The van der Waals surface area contributed by atoms with Gasteiger partial charge in [-0.1, -0.05) is 42.5 Å². The molecule has 0 saturated carbocycles. The highest BCUT2D eigenvalue weighted by Gasteiger charge is 2.13. The zero-order chi connectivity index (χ0) is 18.1. The molecule has 0 aliphatic carbocycles. The molecule has 4 aromatic rings. The van der Waals surface area contributed by atoms with Gasteiger partial charge in [0.15, 0.2) is 0 Å². The first kappa shape index (κ1) is 16.0. The third-order valence-corrected chi connectivity index (χ3v) is 4.01. The lowest BCUT2D eigenvalue weighted by Crippen LogP contribution is -2.12. The lowest BCUT2D eigenvalue weighted by Gasteiger charge is -2.04. The van der Waals surface area contributed by atoms with Gasteiger partial charge in [0.1, 0.15) is 17.3 Å². The van der Waals surface area contributed by atoms with Gasteiger partial charge in [-0.3, -0.25) is 9.89 Å². The van der Waals surface area contributed by atoms with Gasteiger partial charge >= 0.3 is 0 Å². The number of carbonyl (C=O) groups excluding carboxylic acids is 1. The summed E-state index contributed by atoms with van der Waals surface area (Å²) in [7, 11) is 0. The number of amides is 1. The number of halogens is 2. The number of carbonyl (C=O) groups is 1. The number of hydrogen-bond donors (Lipinski definition) is 2. The zero-order valence-electron chi connectivity index (χ0n) is 13.5.